The van der Waals surface area contributed by atoms with Crippen LogP contribution in [0.2, 0.25) is 5.02 Å². The van der Waals surface area contributed by atoms with E-state index in [1.807, 2.05) is 18.2 Å². The van der Waals surface area contributed by atoms with Crippen LogP contribution >= 0.6 is 11.6 Å². The van der Waals surface area contributed by atoms with Crippen molar-refractivity contribution in [2.75, 3.05) is 19.7 Å². The first kappa shape index (κ1) is 14.7. The molecule has 0 saturated carbocycles. The van der Waals surface area contributed by atoms with E-state index in [-0.39, 0.29) is 6.10 Å². The largest absolute Gasteiger partial charge is 0.369 e. The molecule has 4 nitrogen and oxygen atoms in total. The number of hydrogen-bond donors (Lipinski definition) is 1. The van der Waals surface area contributed by atoms with Crippen LogP contribution in [-0.4, -0.2) is 34.8 Å². The van der Waals surface area contributed by atoms with Gasteiger partial charge in [0.2, 0.25) is 0 Å². The van der Waals surface area contributed by atoms with Crippen molar-refractivity contribution in [2.45, 2.75) is 12.6 Å². The Morgan fingerprint density at radius 1 is 1.26 bits per heavy atom. The zero-order valence-electron chi connectivity index (χ0n) is 12.7. The Balaban J connectivity index is 1.58. The molecule has 1 aromatic heterocycles. The van der Waals surface area contributed by atoms with Gasteiger partial charge in [-0.25, -0.2) is 0 Å². The molecule has 2 heterocycles. The summed E-state index contributed by atoms with van der Waals surface area (Å²) in [5.74, 6) is 0. The lowest BCUT2D eigenvalue weighted by atomic mass is 10.0. The highest BCUT2D eigenvalue weighted by atomic mass is 35.5. The average Bonchev–Trinajstić information content (AvgIpc) is 3.09. The highest BCUT2D eigenvalue weighted by Gasteiger charge is 2.23. The van der Waals surface area contributed by atoms with Crippen molar-refractivity contribution in [3.05, 3.63) is 64.9 Å². The number of halogens is 1. The number of morpholine rings is 1. The number of ether oxygens (including phenoxy) is 1. The molecular weight excluding hydrogens is 310 g/mol. The van der Waals surface area contributed by atoms with Gasteiger partial charge in [0.05, 0.1) is 12.3 Å². The van der Waals surface area contributed by atoms with Crippen LogP contribution in [0.15, 0.2) is 48.7 Å². The molecule has 5 heteroatoms. The maximum Gasteiger partial charge on any atom is 0.112 e. The summed E-state index contributed by atoms with van der Waals surface area (Å²) in [5.41, 5.74) is 2.30. The van der Waals surface area contributed by atoms with Crippen molar-refractivity contribution in [3.8, 4) is 0 Å². The zero-order valence-corrected chi connectivity index (χ0v) is 13.5. The number of nitrogens with one attached hydrogen (secondary N) is 1. The first-order valence-corrected chi connectivity index (χ1v) is 8.18. The van der Waals surface area contributed by atoms with E-state index in [1.54, 1.807) is 6.20 Å². The molecule has 2 aromatic carbocycles. The number of aromatic amines is 1. The van der Waals surface area contributed by atoms with Crippen molar-refractivity contribution in [1.29, 1.82) is 0 Å². The van der Waals surface area contributed by atoms with Gasteiger partial charge in [0.25, 0.3) is 0 Å². The van der Waals surface area contributed by atoms with Crippen molar-refractivity contribution < 1.29 is 4.74 Å². The van der Waals surface area contributed by atoms with E-state index < -0.39 is 0 Å². The fraction of sp³-hybridized carbons (Fsp3) is 0.278. The lowest BCUT2D eigenvalue weighted by Crippen LogP contribution is -2.38. The van der Waals surface area contributed by atoms with Crippen LogP contribution in [0.1, 0.15) is 17.4 Å². The Morgan fingerprint density at radius 3 is 3.04 bits per heavy atom. The van der Waals surface area contributed by atoms with Crippen molar-refractivity contribution in [3.63, 3.8) is 0 Å². The SMILES string of the molecule is Clc1cc(CN2CCOC(c3ccn[nH]3)C2)c2ccccc2c1. The van der Waals surface area contributed by atoms with Crippen molar-refractivity contribution in [1.82, 2.24) is 15.1 Å². The minimum atomic E-state index is 0.0525. The van der Waals surface area contributed by atoms with Crippen LogP contribution in [0.5, 0.6) is 0 Å². The van der Waals surface area contributed by atoms with Gasteiger partial charge >= 0.3 is 0 Å². The molecule has 118 valence electrons. The number of fused-ring (bicyclic) bond motifs is 1. The summed E-state index contributed by atoms with van der Waals surface area (Å²) >= 11 is 6.29. The Bertz CT molecular complexity index is 803. The Hall–Kier alpha value is -1.88. The van der Waals surface area contributed by atoms with Gasteiger partial charge in [-0.1, -0.05) is 35.9 Å². The Kier molecular flexibility index (Phi) is 4.04. The molecule has 1 atom stereocenters. The van der Waals surface area contributed by atoms with Crippen molar-refractivity contribution >= 4 is 22.4 Å². The molecule has 1 aliphatic rings. The van der Waals surface area contributed by atoms with E-state index in [1.165, 1.54) is 16.3 Å². The number of aromatic nitrogens is 2. The Morgan fingerprint density at radius 2 is 2.17 bits per heavy atom. The molecule has 1 aliphatic heterocycles. The van der Waals surface area contributed by atoms with Gasteiger partial charge in [-0.3, -0.25) is 10.00 Å². The molecular formula is C18H18ClN3O. The minimum absolute atomic E-state index is 0.0525. The zero-order chi connectivity index (χ0) is 15.6. The Labute approximate surface area is 140 Å². The van der Waals surface area contributed by atoms with Gasteiger partial charge in [-0.05, 0) is 34.5 Å². The highest BCUT2D eigenvalue weighted by Crippen LogP contribution is 2.27. The molecule has 4 rings (SSSR count). The second kappa shape index (κ2) is 6.32. The summed E-state index contributed by atoms with van der Waals surface area (Å²) in [6.07, 6.45) is 1.82. The summed E-state index contributed by atoms with van der Waals surface area (Å²) in [5, 5.41) is 10.3. The molecule has 1 N–H and O–H groups in total. The van der Waals surface area contributed by atoms with Gasteiger partial charge in [0.15, 0.2) is 0 Å². The summed E-state index contributed by atoms with van der Waals surface area (Å²) in [6.45, 7) is 3.37. The van der Waals surface area contributed by atoms with E-state index in [4.69, 9.17) is 16.3 Å². The molecule has 0 amide bonds. The monoisotopic (exact) mass is 327 g/mol. The smallest absolute Gasteiger partial charge is 0.112 e. The van der Waals surface area contributed by atoms with E-state index in [0.29, 0.717) is 0 Å². The molecule has 0 aliphatic carbocycles. The lowest BCUT2D eigenvalue weighted by molar-refractivity contribution is -0.0348. The highest BCUT2D eigenvalue weighted by molar-refractivity contribution is 6.31. The second-order valence-corrected chi connectivity index (χ2v) is 6.33. The van der Waals surface area contributed by atoms with E-state index in [2.05, 4.69) is 39.4 Å². The third-order valence-corrected chi connectivity index (χ3v) is 4.54. The second-order valence-electron chi connectivity index (χ2n) is 5.89. The molecule has 0 spiro atoms. The van der Waals surface area contributed by atoms with Crippen LogP contribution < -0.4 is 0 Å². The average molecular weight is 328 g/mol. The fourth-order valence-electron chi connectivity index (χ4n) is 3.20. The number of rotatable bonds is 3. The maximum absolute atomic E-state index is 6.29. The minimum Gasteiger partial charge on any atom is -0.369 e. The quantitative estimate of drug-likeness (QED) is 0.795. The topological polar surface area (TPSA) is 41.1 Å². The van der Waals surface area contributed by atoms with Gasteiger partial charge in [0, 0.05) is 30.9 Å². The van der Waals surface area contributed by atoms with Gasteiger partial charge in [-0.15, -0.1) is 0 Å². The van der Waals surface area contributed by atoms with E-state index >= 15 is 0 Å². The molecule has 0 radical (unpaired) electrons. The predicted octanol–water partition coefficient (Wildman–Crippen LogP) is 3.79. The number of hydrogen-bond acceptors (Lipinski definition) is 3. The molecule has 1 saturated heterocycles. The van der Waals surface area contributed by atoms with Gasteiger partial charge in [-0.2, -0.15) is 5.10 Å². The van der Waals surface area contributed by atoms with E-state index in [9.17, 15) is 0 Å². The molecule has 1 fully saturated rings. The normalized spacial score (nSPS) is 19.3. The summed E-state index contributed by atoms with van der Waals surface area (Å²) in [7, 11) is 0. The summed E-state index contributed by atoms with van der Waals surface area (Å²) in [6, 6.07) is 14.5. The van der Waals surface area contributed by atoms with Crippen LogP contribution in [-0.2, 0) is 11.3 Å². The van der Waals surface area contributed by atoms with Crippen LogP contribution in [0, 0.1) is 0 Å². The summed E-state index contributed by atoms with van der Waals surface area (Å²) < 4.78 is 5.86. The molecule has 1 unspecified atom stereocenters. The van der Waals surface area contributed by atoms with Crippen molar-refractivity contribution in [2.24, 2.45) is 0 Å². The van der Waals surface area contributed by atoms with Gasteiger partial charge in [0.1, 0.15) is 6.10 Å². The summed E-state index contributed by atoms with van der Waals surface area (Å²) in [4.78, 5) is 2.41. The lowest BCUT2D eigenvalue weighted by Gasteiger charge is -2.32. The van der Waals surface area contributed by atoms with Crippen LogP contribution in [0.25, 0.3) is 10.8 Å². The third kappa shape index (κ3) is 3.11. The number of H-pyrrole nitrogens is 1. The number of benzene rings is 2. The maximum atomic E-state index is 6.29. The van der Waals surface area contributed by atoms with Crippen LogP contribution in [0.3, 0.4) is 0 Å². The number of nitrogens with zero attached hydrogens (tertiary/aromatic N) is 2. The van der Waals surface area contributed by atoms with E-state index in [0.717, 1.165) is 37.0 Å². The fourth-order valence-corrected chi connectivity index (χ4v) is 3.45. The van der Waals surface area contributed by atoms with Crippen LogP contribution in [0.4, 0.5) is 0 Å². The predicted molar refractivity (Wildman–Crippen MR) is 91.5 cm³/mol. The molecule has 0 bridgehead atoms. The van der Waals surface area contributed by atoms with Gasteiger partial charge < -0.3 is 4.74 Å². The first-order valence-electron chi connectivity index (χ1n) is 7.80. The standard InChI is InChI=1S/C18H18ClN3O/c19-15-9-13-3-1-2-4-16(13)14(10-15)11-22-7-8-23-18(12-22)17-5-6-20-21-17/h1-6,9-10,18H,7-8,11-12H2,(H,20,21). The first-order chi connectivity index (χ1) is 11.3. The third-order valence-electron chi connectivity index (χ3n) is 4.33. The molecule has 3 aromatic rings. The molecule has 23 heavy (non-hydrogen) atoms.